The molecule has 0 aliphatic heterocycles. The normalized spacial score (nSPS) is 11.9. The number of benzene rings is 2. The van der Waals surface area contributed by atoms with E-state index < -0.39 is 0 Å². The van der Waals surface area contributed by atoms with E-state index in [-0.39, 0.29) is 5.41 Å². The molecule has 0 amide bonds. The Morgan fingerprint density at radius 1 is 0.552 bits per heavy atom. The summed E-state index contributed by atoms with van der Waals surface area (Å²) in [6.07, 6.45) is 5.12. The third-order valence-corrected chi connectivity index (χ3v) is 6.72. The summed E-state index contributed by atoms with van der Waals surface area (Å²) >= 11 is 0. The van der Waals surface area contributed by atoms with Crippen LogP contribution in [0.1, 0.15) is 99.9 Å². The van der Waals surface area contributed by atoms with Crippen LogP contribution in [0.15, 0.2) is 12.1 Å². The molecule has 0 unspecified atom stereocenters. The smallest absolute Gasteiger partial charge is 0.122 e. The lowest BCUT2D eigenvalue weighted by atomic mass is 9.70. The van der Waals surface area contributed by atoms with Gasteiger partial charge in [-0.1, -0.05) is 67.5 Å². The van der Waals surface area contributed by atoms with E-state index in [0.717, 1.165) is 60.8 Å². The fraction of sp³-hybridized carbons (Fsp3) is 0.556. The van der Waals surface area contributed by atoms with Gasteiger partial charge in [0.25, 0.3) is 0 Å². The summed E-state index contributed by atoms with van der Waals surface area (Å²) in [5.41, 5.74) is 9.23. The van der Waals surface area contributed by atoms with Crippen molar-refractivity contribution >= 4 is 0 Å². The molecule has 0 saturated heterocycles. The Balaban J connectivity index is 2.93. The summed E-state index contributed by atoms with van der Waals surface area (Å²) in [5, 5.41) is 21.7. The Labute approximate surface area is 178 Å². The van der Waals surface area contributed by atoms with Crippen molar-refractivity contribution in [2.75, 3.05) is 0 Å². The first kappa shape index (κ1) is 23.3. The first-order valence-corrected chi connectivity index (χ1v) is 11.5. The highest BCUT2D eigenvalue weighted by Crippen LogP contribution is 2.44. The number of hydrogen-bond acceptors (Lipinski definition) is 2. The lowest BCUT2D eigenvalue weighted by Crippen LogP contribution is -2.25. The minimum absolute atomic E-state index is 0.209. The molecule has 29 heavy (non-hydrogen) atoms. The van der Waals surface area contributed by atoms with Gasteiger partial charge in [-0.05, 0) is 83.0 Å². The zero-order valence-electron chi connectivity index (χ0n) is 19.8. The molecule has 2 N–H and O–H groups in total. The van der Waals surface area contributed by atoms with Gasteiger partial charge in [0.05, 0.1) is 0 Å². The van der Waals surface area contributed by atoms with Gasteiger partial charge >= 0.3 is 0 Å². The van der Waals surface area contributed by atoms with E-state index >= 15 is 0 Å². The molecule has 0 aliphatic rings. The van der Waals surface area contributed by atoms with Crippen molar-refractivity contribution in [2.24, 2.45) is 0 Å². The number of rotatable bonds is 8. The Bertz CT molecular complexity index is 804. The van der Waals surface area contributed by atoms with Crippen molar-refractivity contribution in [3.05, 3.63) is 56.6 Å². The second kappa shape index (κ2) is 9.24. The van der Waals surface area contributed by atoms with Crippen molar-refractivity contribution in [1.29, 1.82) is 0 Å². The average molecular weight is 397 g/mol. The van der Waals surface area contributed by atoms with Gasteiger partial charge in [-0.15, -0.1) is 0 Å². The standard InChI is InChI=1S/C27H40O2/c1-9-17-15-23(19(11-3)21(13-5)25(17)28)27(7,8)24-16-18(10-2)26(29)22(14-6)20(24)12-4/h15-16,28-29H,9-14H2,1-8H3. The molecule has 0 spiro atoms. The van der Waals surface area contributed by atoms with Crippen LogP contribution in [0.5, 0.6) is 11.5 Å². The van der Waals surface area contributed by atoms with Crippen LogP contribution in [0, 0.1) is 0 Å². The summed E-state index contributed by atoms with van der Waals surface area (Å²) in [6, 6.07) is 4.47. The second-order valence-corrected chi connectivity index (χ2v) is 8.52. The molecular formula is C27H40O2. The average Bonchev–Trinajstić information content (AvgIpc) is 2.72. The molecule has 2 aromatic carbocycles. The lowest BCUT2D eigenvalue weighted by Gasteiger charge is -2.34. The highest BCUT2D eigenvalue weighted by atomic mass is 16.3. The minimum atomic E-state index is -0.209. The van der Waals surface area contributed by atoms with Gasteiger partial charge in [0.1, 0.15) is 11.5 Å². The van der Waals surface area contributed by atoms with Crippen LogP contribution in [-0.4, -0.2) is 10.2 Å². The van der Waals surface area contributed by atoms with Crippen molar-refractivity contribution in [3.8, 4) is 11.5 Å². The van der Waals surface area contributed by atoms with Crippen molar-refractivity contribution < 1.29 is 10.2 Å². The summed E-state index contributed by atoms with van der Waals surface area (Å²) in [4.78, 5) is 0. The van der Waals surface area contributed by atoms with Crippen LogP contribution in [0.3, 0.4) is 0 Å². The van der Waals surface area contributed by atoms with Gasteiger partial charge in [0.2, 0.25) is 0 Å². The highest BCUT2D eigenvalue weighted by molar-refractivity contribution is 5.59. The molecule has 0 aliphatic carbocycles. The maximum Gasteiger partial charge on any atom is 0.122 e. The predicted molar refractivity (Wildman–Crippen MR) is 125 cm³/mol. The van der Waals surface area contributed by atoms with Gasteiger partial charge in [0.15, 0.2) is 0 Å². The number of hydrogen-bond donors (Lipinski definition) is 2. The molecule has 0 saturated carbocycles. The van der Waals surface area contributed by atoms with Crippen LogP contribution < -0.4 is 0 Å². The topological polar surface area (TPSA) is 40.5 Å². The van der Waals surface area contributed by atoms with E-state index in [1.165, 1.54) is 22.3 Å². The maximum atomic E-state index is 10.8. The molecular weight excluding hydrogens is 356 g/mol. The van der Waals surface area contributed by atoms with Crippen LogP contribution in [-0.2, 0) is 43.9 Å². The van der Waals surface area contributed by atoms with Gasteiger partial charge in [-0.2, -0.15) is 0 Å². The summed E-state index contributed by atoms with van der Waals surface area (Å²) in [5.74, 6) is 0.965. The Morgan fingerprint density at radius 3 is 1.10 bits per heavy atom. The fourth-order valence-corrected chi connectivity index (χ4v) is 5.03. The number of aryl methyl sites for hydroxylation is 2. The van der Waals surface area contributed by atoms with Gasteiger partial charge in [-0.3, -0.25) is 0 Å². The SMILES string of the molecule is CCc1cc(C(C)(C)c2cc(CC)c(O)c(CC)c2CC)c(CC)c(CC)c1O. The minimum Gasteiger partial charge on any atom is -0.507 e. The van der Waals surface area contributed by atoms with E-state index in [0.29, 0.717) is 11.5 Å². The van der Waals surface area contributed by atoms with Crippen LogP contribution in [0.2, 0.25) is 0 Å². The van der Waals surface area contributed by atoms with Crippen molar-refractivity contribution in [2.45, 2.75) is 99.3 Å². The van der Waals surface area contributed by atoms with Gasteiger partial charge < -0.3 is 10.2 Å². The van der Waals surface area contributed by atoms with E-state index in [9.17, 15) is 10.2 Å². The van der Waals surface area contributed by atoms with Crippen molar-refractivity contribution in [1.82, 2.24) is 0 Å². The fourth-order valence-electron chi connectivity index (χ4n) is 5.03. The largest absolute Gasteiger partial charge is 0.507 e. The van der Waals surface area contributed by atoms with E-state index in [1.54, 1.807) is 0 Å². The number of aromatic hydroxyl groups is 2. The Kier molecular flexibility index (Phi) is 7.43. The predicted octanol–water partition coefficient (Wildman–Crippen LogP) is 6.80. The zero-order chi connectivity index (χ0) is 21.9. The quantitative estimate of drug-likeness (QED) is 0.515. The molecule has 0 atom stereocenters. The Hall–Kier alpha value is -1.96. The number of phenolic OH excluding ortho intramolecular Hbond substituents is 2. The molecule has 2 rings (SSSR count). The number of phenols is 2. The molecule has 0 radical (unpaired) electrons. The molecule has 2 nitrogen and oxygen atoms in total. The maximum absolute atomic E-state index is 10.8. The monoisotopic (exact) mass is 396 g/mol. The van der Waals surface area contributed by atoms with Crippen LogP contribution in [0.4, 0.5) is 0 Å². The lowest BCUT2D eigenvalue weighted by molar-refractivity contribution is 0.458. The van der Waals surface area contributed by atoms with Gasteiger partial charge in [0, 0.05) is 5.41 Å². The summed E-state index contributed by atoms with van der Waals surface area (Å²) in [7, 11) is 0. The molecule has 160 valence electrons. The highest BCUT2D eigenvalue weighted by Gasteiger charge is 2.32. The summed E-state index contributed by atoms with van der Waals surface area (Å²) in [6.45, 7) is 17.5. The second-order valence-electron chi connectivity index (χ2n) is 8.52. The molecule has 2 aromatic rings. The van der Waals surface area contributed by atoms with E-state index in [1.807, 2.05) is 0 Å². The van der Waals surface area contributed by atoms with E-state index in [2.05, 4.69) is 67.5 Å². The summed E-state index contributed by atoms with van der Waals surface area (Å²) < 4.78 is 0. The van der Waals surface area contributed by atoms with Crippen molar-refractivity contribution in [3.63, 3.8) is 0 Å². The molecule has 0 fully saturated rings. The zero-order valence-corrected chi connectivity index (χ0v) is 19.8. The molecule has 0 aromatic heterocycles. The third-order valence-electron chi connectivity index (χ3n) is 6.72. The van der Waals surface area contributed by atoms with Gasteiger partial charge in [-0.25, -0.2) is 0 Å². The Morgan fingerprint density at radius 2 is 0.862 bits per heavy atom. The van der Waals surface area contributed by atoms with Crippen LogP contribution >= 0.6 is 0 Å². The van der Waals surface area contributed by atoms with E-state index in [4.69, 9.17) is 0 Å². The first-order valence-electron chi connectivity index (χ1n) is 11.5. The molecule has 2 heteroatoms. The first-order chi connectivity index (χ1) is 13.7. The third kappa shape index (κ3) is 3.91. The van der Waals surface area contributed by atoms with Crippen LogP contribution in [0.25, 0.3) is 0 Å². The molecule has 0 heterocycles. The molecule has 0 bridgehead atoms.